The Hall–Kier alpha value is -2.49. The molecular weight excluding hydrogens is 252 g/mol. The Labute approximate surface area is 117 Å². The highest BCUT2D eigenvalue weighted by Crippen LogP contribution is 2.27. The van der Waals surface area contributed by atoms with Crippen LogP contribution in [-0.4, -0.2) is 23.2 Å². The van der Waals surface area contributed by atoms with Crippen molar-refractivity contribution in [2.75, 3.05) is 11.4 Å². The highest BCUT2D eigenvalue weighted by molar-refractivity contribution is 6.11. The summed E-state index contributed by atoms with van der Waals surface area (Å²) in [7, 11) is 0. The number of amides is 1. The first-order valence-corrected chi connectivity index (χ1v) is 6.61. The maximum atomic E-state index is 12.6. The predicted molar refractivity (Wildman–Crippen MR) is 75.9 cm³/mol. The van der Waals surface area contributed by atoms with Crippen molar-refractivity contribution in [2.24, 2.45) is 0 Å². The standard InChI is InChI=1S/C16H14N2O2/c19-15-8-4-10-18(14-7-2-1-6-13(14)15)16(20)12-5-3-9-17-11-12/h1-3,5-7,9,11H,4,8,10H2. The summed E-state index contributed by atoms with van der Waals surface area (Å²) in [4.78, 5) is 30.3. The van der Waals surface area contributed by atoms with E-state index in [-0.39, 0.29) is 11.7 Å². The fourth-order valence-electron chi connectivity index (χ4n) is 2.45. The molecule has 100 valence electrons. The van der Waals surface area contributed by atoms with Gasteiger partial charge in [-0.2, -0.15) is 0 Å². The van der Waals surface area contributed by atoms with Gasteiger partial charge in [0.25, 0.3) is 5.91 Å². The molecule has 0 radical (unpaired) electrons. The molecule has 20 heavy (non-hydrogen) atoms. The van der Waals surface area contributed by atoms with Crippen molar-refractivity contribution in [3.8, 4) is 0 Å². The van der Waals surface area contributed by atoms with Crippen molar-refractivity contribution in [1.29, 1.82) is 0 Å². The molecule has 0 aliphatic carbocycles. The van der Waals surface area contributed by atoms with Gasteiger partial charge in [-0.25, -0.2) is 0 Å². The highest BCUT2D eigenvalue weighted by atomic mass is 16.2. The Bertz CT molecular complexity index is 653. The molecule has 2 aromatic rings. The minimum atomic E-state index is -0.111. The van der Waals surface area contributed by atoms with E-state index < -0.39 is 0 Å². The third kappa shape index (κ3) is 2.20. The Balaban J connectivity index is 2.04. The Morgan fingerprint density at radius 3 is 2.80 bits per heavy atom. The number of hydrogen-bond acceptors (Lipinski definition) is 3. The fourth-order valence-corrected chi connectivity index (χ4v) is 2.45. The fraction of sp³-hybridized carbons (Fsp3) is 0.188. The van der Waals surface area contributed by atoms with Crippen molar-refractivity contribution in [3.63, 3.8) is 0 Å². The largest absolute Gasteiger partial charge is 0.308 e. The monoisotopic (exact) mass is 266 g/mol. The Morgan fingerprint density at radius 2 is 2.00 bits per heavy atom. The highest BCUT2D eigenvalue weighted by Gasteiger charge is 2.25. The van der Waals surface area contributed by atoms with E-state index in [1.165, 1.54) is 0 Å². The second kappa shape index (κ2) is 5.25. The lowest BCUT2D eigenvalue weighted by molar-refractivity contribution is 0.0973. The van der Waals surface area contributed by atoms with Gasteiger partial charge in [0.05, 0.1) is 11.3 Å². The van der Waals surface area contributed by atoms with Crippen LogP contribution in [0.5, 0.6) is 0 Å². The Kier molecular flexibility index (Phi) is 3.29. The van der Waals surface area contributed by atoms with Gasteiger partial charge in [0, 0.05) is 30.9 Å². The average Bonchev–Trinajstić information content (AvgIpc) is 2.67. The van der Waals surface area contributed by atoms with Gasteiger partial charge < -0.3 is 4.90 Å². The van der Waals surface area contributed by atoms with E-state index in [0.717, 1.165) is 0 Å². The number of hydrogen-bond donors (Lipinski definition) is 0. The van der Waals surface area contributed by atoms with Gasteiger partial charge in [-0.1, -0.05) is 12.1 Å². The third-order valence-corrected chi connectivity index (χ3v) is 3.43. The molecule has 0 atom stereocenters. The summed E-state index contributed by atoms with van der Waals surface area (Å²) in [6, 6.07) is 10.8. The van der Waals surface area contributed by atoms with Gasteiger partial charge in [-0.05, 0) is 30.7 Å². The number of anilines is 1. The number of nitrogens with zero attached hydrogens (tertiary/aromatic N) is 2. The third-order valence-electron chi connectivity index (χ3n) is 3.43. The number of pyridine rings is 1. The molecule has 1 amide bonds. The van der Waals surface area contributed by atoms with Crippen LogP contribution in [0.25, 0.3) is 0 Å². The minimum absolute atomic E-state index is 0.0992. The number of fused-ring (bicyclic) bond motifs is 1. The summed E-state index contributed by atoms with van der Waals surface area (Å²) in [5, 5.41) is 0. The van der Waals surface area contributed by atoms with Crippen LogP contribution in [0.15, 0.2) is 48.8 Å². The number of Topliss-reactive ketones (excluding diaryl/α,β-unsaturated/α-hetero) is 1. The maximum absolute atomic E-state index is 12.6. The number of rotatable bonds is 1. The van der Waals surface area contributed by atoms with Crippen LogP contribution in [0.2, 0.25) is 0 Å². The normalized spacial score (nSPS) is 14.6. The second-order valence-corrected chi connectivity index (χ2v) is 4.74. The summed E-state index contributed by atoms with van der Waals surface area (Å²) < 4.78 is 0. The SMILES string of the molecule is O=C1CCCN(C(=O)c2cccnc2)c2ccccc21. The molecule has 0 bridgehead atoms. The molecule has 1 aliphatic heterocycles. The lowest BCUT2D eigenvalue weighted by Crippen LogP contribution is -2.31. The topological polar surface area (TPSA) is 50.3 Å². The van der Waals surface area contributed by atoms with Crippen molar-refractivity contribution in [2.45, 2.75) is 12.8 Å². The van der Waals surface area contributed by atoms with Gasteiger partial charge in [-0.3, -0.25) is 14.6 Å². The molecule has 0 saturated carbocycles. The number of aromatic nitrogens is 1. The Morgan fingerprint density at radius 1 is 1.15 bits per heavy atom. The van der Waals surface area contributed by atoms with Crippen LogP contribution in [0.3, 0.4) is 0 Å². The average molecular weight is 266 g/mol. The van der Waals surface area contributed by atoms with E-state index in [4.69, 9.17) is 0 Å². The van der Waals surface area contributed by atoms with Crippen LogP contribution in [0.4, 0.5) is 5.69 Å². The van der Waals surface area contributed by atoms with Gasteiger partial charge in [0.1, 0.15) is 0 Å². The zero-order valence-corrected chi connectivity index (χ0v) is 11.0. The first kappa shape index (κ1) is 12.5. The zero-order chi connectivity index (χ0) is 13.9. The smallest absolute Gasteiger partial charge is 0.259 e. The van der Waals surface area contributed by atoms with Crippen LogP contribution >= 0.6 is 0 Å². The van der Waals surface area contributed by atoms with Crippen LogP contribution < -0.4 is 4.90 Å². The van der Waals surface area contributed by atoms with E-state index in [1.807, 2.05) is 18.2 Å². The molecular formula is C16H14N2O2. The molecule has 3 rings (SSSR count). The first-order valence-electron chi connectivity index (χ1n) is 6.61. The van der Waals surface area contributed by atoms with E-state index in [2.05, 4.69) is 4.98 Å². The molecule has 1 aromatic carbocycles. The summed E-state index contributed by atoms with van der Waals surface area (Å²) in [6.07, 6.45) is 4.35. The molecule has 1 aliphatic rings. The van der Waals surface area contributed by atoms with E-state index in [9.17, 15) is 9.59 Å². The van der Waals surface area contributed by atoms with Crippen molar-refractivity contribution >= 4 is 17.4 Å². The van der Waals surface area contributed by atoms with E-state index >= 15 is 0 Å². The van der Waals surface area contributed by atoms with Crippen molar-refractivity contribution < 1.29 is 9.59 Å². The summed E-state index contributed by atoms with van der Waals surface area (Å²) in [5.74, 6) is -0.0117. The number of carbonyl (C=O) groups is 2. The molecule has 1 aromatic heterocycles. The molecule has 0 spiro atoms. The van der Waals surface area contributed by atoms with Crippen LogP contribution in [-0.2, 0) is 0 Å². The molecule has 0 saturated heterocycles. The quantitative estimate of drug-likeness (QED) is 0.797. The molecule has 0 fully saturated rings. The predicted octanol–water partition coefficient (Wildman–Crippen LogP) is 2.70. The van der Waals surface area contributed by atoms with Crippen molar-refractivity contribution in [1.82, 2.24) is 4.98 Å². The number of para-hydroxylation sites is 1. The van der Waals surface area contributed by atoms with Gasteiger partial charge in [0.2, 0.25) is 0 Å². The number of carbonyl (C=O) groups excluding carboxylic acids is 2. The molecule has 0 unspecified atom stereocenters. The van der Waals surface area contributed by atoms with Gasteiger partial charge >= 0.3 is 0 Å². The molecule has 0 N–H and O–H groups in total. The molecule has 4 heteroatoms. The first-order chi connectivity index (χ1) is 9.77. The number of ketones is 1. The van der Waals surface area contributed by atoms with Crippen LogP contribution in [0, 0.1) is 0 Å². The van der Waals surface area contributed by atoms with Gasteiger partial charge in [-0.15, -0.1) is 0 Å². The zero-order valence-electron chi connectivity index (χ0n) is 11.0. The lowest BCUT2D eigenvalue weighted by atomic mass is 10.1. The van der Waals surface area contributed by atoms with Crippen LogP contribution in [0.1, 0.15) is 33.6 Å². The van der Waals surface area contributed by atoms with E-state index in [1.54, 1.807) is 35.5 Å². The lowest BCUT2D eigenvalue weighted by Gasteiger charge is -2.22. The molecule has 2 heterocycles. The summed E-state index contributed by atoms with van der Waals surface area (Å²) in [5.41, 5.74) is 1.86. The summed E-state index contributed by atoms with van der Waals surface area (Å²) in [6.45, 7) is 0.552. The van der Waals surface area contributed by atoms with E-state index in [0.29, 0.717) is 36.2 Å². The molecule has 4 nitrogen and oxygen atoms in total. The minimum Gasteiger partial charge on any atom is -0.308 e. The maximum Gasteiger partial charge on any atom is 0.259 e. The second-order valence-electron chi connectivity index (χ2n) is 4.74. The van der Waals surface area contributed by atoms with Gasteiger partial charge in [0.15, 0.2) is 5.78 Å². The number of benzene rings is 1. The van der Waals surface area contributed by atoms with Crippen molar-refractivity contribution in [3.05, 3.63) is 59.9 Å². The summed E-state index contributed by atoms with van der Waals surface area (Å²) >= 11 is 0.